The molecule has 4 aromatic heterocycles. The summed E-state index contributed by atoms with van der Waals surface area (Å²) in [5.74, 6) is 1.48. The normalized spacial score (nSPS) is 11.0. The summed E-state index contributed by atoms with van der Waals surface area (Å²) < 4.78 is 1.71. The molecule has 0 unspecified atom stereocenters. The van der Waals surface area contributed by atoms with Gasteiger partial charge in [-0.15, -0.1) is 5.10 Å². The van der Waals surface area contributed by atoms with E-state index in [2.05, 4.69) is 35.5 Å². The van der Waals surface area contributed by atoms with E-state index in [-0.39, 0.29) is 0 Å². The average Bonchev–Trinajstić information content (AvgIpc) is 3.23. The van der Waals surface area contributed by atoms with Crippen molar-refractivity contribution in [3.05, 3.63) is 43.0 Å². The van der Waals surface area contributed by atoms with Crippen LogP contribution in [0, 0.1) is 0 Å². The zero-order chi connectivity index (χ0) is 13.4. The molecule has 0 saturated carbocycles. The Bertz CT molecular complexity index is 740. The largest absolute Gasteiger partial charge is 0.347 e. The topological polar surface area (TPSA) is 104 Å². The molecule has 0 aliphatic carbocycles. The summed E-state index contributed by atoms with van der Waals surface area (Å²) in [6.07, 6.45) is 6.95. The molecule has 0 spiro atoms. The van der Waals surface area contributed by atoms with Crippen molar-refractivity contribution >= 4 is 0 Å². The lowest BCUT2D eigenvalue weighted by molar-refractivity contribution is 0.789. The summed E-state index contributed by atoms with van der Waals surface area (Å²) in [4.78, 5) is 10.4. The molecular weight excluding hydrogens is 256 g/mol. The van der Waals surface area contributed by atoms with Gasteiger partial charge in [0.25, 0.3) is 0 Å². The first kappa shape index (κ1) is 10.7. The number of hydrogen-bond acceptors (Lipinski definition) is 4. The number of nitrogens with zero attached hydrogens (tertiary/aromatic N) is 5. The Morgan fingerprint density at radius 3 is 2.75 bits per heavy atom. The van der Waals surface area contributed by atoms with Crippen LogP contribution in [0.4, 0.5) is 0 Å². The highest BCUT2D eigenvalue weighted by molar-refractivity contribution is 5.73. The zero-order valence-electron chi connectivity index (χ0n) is 10.3. The Morgan fingerprint density at radius 1 is 1.05 bits per heavy atom. The minimum Gasteiger partial charge on any atom is -0.347 e. The highest BCUT2D eigenvalue weighted by atomic mass is 15.5. The molecule has 0 aliphatic rings. The molecule has 8 nitrogen and oxygen atoms in total. The third kappa shape index (κ3) is 1.55. The minimum atomic E-state index is 0.660. The molecule has 4 rings (SSSR count). The second kappa shape index (κ2) is 4.19. The highest BCUT2D eigenvalue weighted by Crippen LogP contribution is 2.28. The van der Waals surface area contributed by atoms with Crippen molar-refractivity contribution < 1.29 is 0 Å². The van der Waals surface area contributed by atoms with Crippen molar-refractivity contribution in [3.8, 4) is 28.7 Å². The molecule has 0 atom stereocenters. The number of aromatic amines is 3. The highest BCUT2D eigenvalue weighted by Gasteiger charge is 2.20. The lowest BCUT2D eigenvalue weighted by Crippen LogP contribution is -2.00. The molecule has 3 N–H and O–H groups in total. The molecule has 0 fully saturated rings. The van der Waals surface area contributed by atoms with E-state index in [9.17, 15) is 0 Å². The van der Waals surface area contributed by atoms with E-state index in [4.69, 9.17) is 0 Å². The summed E-state index contributed by atoms with van der Waals surface area (Å²) in [5.41, 5.74) is 2.27. The Balaban J connectivity index is 1.98. The molecule has 0 aliphatic heterocycles. The molecule has 0 aromatic carbocycles. The van der Waals surface area contributed by atoms with Crippen LogP contribution in [0.5, 0.6) is 0 Å². The van der Waals surface area contributed by atoms with Gasteiger partial charge in [-0.2, -0.15) is 9.78 Å². The molecular formula is C12H10N8. The Kier molecular flexibility index (Phi) is 2.25. The number of aromatic nitrogens is 8. The lowest BCUT2D eigenvalue weighted by atomic mass is 10.2. The standard InChI is InChI=1S/C12H10N8/c1-2-9(13-4-1)20-11(8-3-5-16-17-8)10(18-19-20)12-14-6-7-15-12/h1-7,13H,(H,14,15)(H,16,17). The lowest BCUT2D eigenvalue weighted by Gasteiger charge is -2.03. The zero-order valence-corrected chi connectivity index (χ0v) is 10.3. The minimum absolute atomic E-state index is 0.660. The van der Waals surface area contributed by atoms with E-state index in [0.29, 0.717) is 11.5 Å². The molecule has 4 heterocycles. The van der Waals surface area contributed by atoms with Gasteiger partial charge in [-0.25, -0.2) is 4.98 Å². The Labute approximate surface area is 112 Å². The van der Waals surface area contributed by atoms with Crippen LogP contribution in [-0.4, -0.2) is 40.1 Å². The number of imidazole rings is 1. The van der Waals surface area contributed by atoms with Gasteiger partial charge in [-0.05, 0) is 18.2 Å². The Morgan fingerprint density at radius 2 is 2.05 bits per heavy atom. The van der Waals surface area contributed by atoms with E-state index in [1.807, 2.05) is 24.4 Å². The number of rotatable bonds is 3. The van der Waals surface area contributed by atoms with Gasteiger partial charge in [0.05, 0.1) is 5.69 Å². The molecule has 4 aromatic rings. The number of H-pyrrole nitrogens is 3. The second-order valence-corrected chi connectivity index (χ2v) is 4.16. The third-order valence-corrected chi connectivity index (χ3v) is 2.96. The van der Waals surface area contributed by atoms with E-state index < -0.39 is 0 Å². The molecule has 8 heteroatoms. The van der Waals surface area contributed by atoms with E-state index >= 15 is 0 Å². The fraction of sp³-hybridized carbons (Fsp3) is 0. The summed E-state index contributed by atoms with van der Waals surface area (Å²) in [6.45, 7) is 0. The van der Waals surface area contributed by atoms with Crippen LogP contribution in [0.3, 0.4) is 0 Å². The first-order chi connectivity index (χ1) is 9.93. The van der Waals surface area contributed by atoms with Gasteiger partial charge in [-0.3, -0.25) is 5.10 Å². The first-order valence-corrected chi connectivity index (χ1v) is 6.02. The maximum absolute atomic E-state index is 4.24. The summed E-state index contributed by atoms with van der Waals surface area (Å²) in [6, 6.07) is 5.69. The quantitative estimate of drug-likeness (QED) is 0.521. The van der Waals surface area contributed by atoms with Gasteiger partial charge in [-0.1, -0.05) is 5.21 Å². The maximum Gasteiger partial charge on any atom is 0.160 e. The average molecular weight is 266 g/mol. The number of hydrogen-bond donors (Lipinski definition) is 3. The van der Waals surface area contributed by atoms with Crippen molar-refractivity contribution in [1.29, 1.82) is 0 Å². The van der Waals surface area contributed by atoms with E-state index in [1.54, 1.807) is 23.3 Å². The molecule has 20 heavy (non-hydrogen) atoms. The predicted molar refractivity (Wildman–Crippen MR) is 70.9 cm³/mol. The predicted octanol–water partition coefficient (Wildman–Crippen LogP) is 1.38. The molecule has 0 saturated heterocycles. The second-order valence-electron chi connectivity index (χ2n) is 4.16. The van der Waals surface area contributed by atoms with Crippen molar-refractivity contribution in [2.24, 2.45) is 0 Å². The Hall–Kier alpha value is -3.16. The van der Waals surface area contributed by atoms with Gasteiger partial charge in [0, 0.05) is 24.8 Å². The van der Waals surface area contributed by atoms with Gasteiger partial charge in [0.15, 0.2) is 11.5 Å². The smallest absolute Gasteiger partial charge is 0.160 e. The first-order valence-electron chi connectivity index (χ1n) is 6.02. The fourth-order valence-corrected chi connectivity index (χ4v) is 2.09. The van der Waals surface area contributed by atoms with Gasteiger partial charge in [0.2, 0.25) is 0 Å². The summed E-state index contributed by atoms with van der Waals surface area (Å²) in [7, 11) is 0. The molecule has 0 radical (unpaired) electrons. The van der Waals surface area contributed by atoms with Gasteiger partial charge >= 0.3 is 0 Å². The van der Waals surface area contributed by atoms with Crippen LogP contribution < -0.4 is 0 Å². The summed E-state index contributed by atoms with van der Waals surface area (Å²) >= 11 is 0. The van der Waals surface area contributed by atoms with Crippen LogP contribution in [0.15, 0.2) is 43.0 Å². The molecule has 98 valence electrons. The fourth-order valence-electron chi connectivity index (χ4n) is 2.09. The number of nitrogens with one attached hydrogen (secondary N) is 3. The van der Waals surface area contributed by atoms with Crippen molar-refractivity contribution in [3.63, 3.8) is 0 Å². The van der Waals surface area contributed by atoms with Crippen LogP contribution >= 0.6 is 0 Å². The van der Waals surface area contributed by atoms with E-state index in [1.165, 1.54) is 0 Å². The van der Waals surface area contributed by atoms with Crippen LogP contribution in [-0.2, 0) is 0 Å². The SMILES string of the molecule is c1c[nH]c(-n2nnc(-c3ncc[nH]3)c2-c2ccn[nH]2)c1. The third-order valence-electron chi connectivity index (χ3n) is 2.96. The summed E-state index contributed by atoms with van der Waals surface area (Å²) in [5, 5.41) is 15.3. The molecule has 0 bridgehead atoms. The monoisotopic (exact) mass is 266 g/mol. The van der Waals surface area contributed by atoms with Gasteiger partial charge in [0.1, 0.15) is 11.5 Å². The maximum atomic E-state index is 4.24. The van der Waals surface area contributed by atoms with Crippen molar-refractivity contribution in [2.45, 2.75) is 0 Å². The van der Waals surface area contributed by atoms with Crippen molar-refractivity contribution in [1.82, 2.24) is 40.1 Å². The molecule has 0 amide bonds. The van der Waals surface area contributed by atoms with Crippen LogP contribution in [0.25, 0.3) is 28.7 Å². The van der Waals surface area contributed by atoms with Crippen molar-refractivity contribution in [2.75, 3.05) is 0 Å². The van der Waals surface area contributed by atoms with Crippen LogP contribution in [0.1, 0.15) is 0 Å². The van der Waals surface area contributed by atoms with E-state index in [0.717, 1.165) is 17.2 Å². The van der Waals surface area contributed by atoms with Gasteiger partial charge < -0.3 is 9.97 Å². The van der Waals surface area contributed by atoms with Crippen LogP contribution in [0.2, 0.25) is 0 Å².